The smallest absolute Gasteiger partial charge is 0.0828 e. The highest BCUT2D eigenvalue weighted by Crippen LogP contribution is 2.67. The zero-order valence-corrected chi connectivity index (χ0v) is 10.7. The molecular formula is C7H11Br3. The van der Waals surface area contributed by atoms with Gasteiger partial charge < -0.3 is 0 Å². The van der Waals surface area contributed by atoms with Crippen molar-refractivity contribution in [3.63, 3.8) is 0 Å². The molecule has 1 aliphatic carbocycles. The highest BCUT2D eigenvalue weighted by atomic mass is 79.9. The molecule has 1 fully saturated rings. The number of unbranched alkanes of at least 4 members (excludes halogenated alkanes) is 1. The number of hydrogen-bond acceptors (Lipinski definition) is 0. The maximum absolute atomic E-state index is 3.72. The molecule has 10 heavy (non-hydrogen) atoms. The van der Waals surface area contributed by atoms with Crippen LogP contribution < -0.4 is 0 Å². The lowest BCUT2D eigenvalue weighted by Gasteiger charge is -2.08. The van der Waals surface area contributed by atoms with E-state index < -0.39 is 0 Å². The third-order valence-electron chi connectivity index (χ3n) is 1.96. The molecule has 0 amide bonds. The summed E-state index contributed by atoms with van der Waals surface area (Å²) in [5.41, 5.74) is 0. The van der Waals surface area contributed by atoms with E-state index in [1.807, 2.05) is 0 Å². The first-order valence-corrected chi connectivity index (χ1v) is 5.96. The van der Waals surface area contributed by atoms with E-state index in [1.54, 1.807) is 0 Å². The van der Waals surface area contributed by atoms with Gasteiger partial charge in [-0.25, -0.2) is 0 Å². The summed E-state index contributed by atoms with van der Waals surface area (Å²) >= 11 is 10.9. The van der Waals surface area contributed by atoms with Gasteiger partial charge in [0.1, 0.15) is 0 Å². The van der Waals surface area contributed by atoms with Crippen molar-refractivity contribution in [2.24, 2.45) is 0 Å². The fourth-order valence-corrected chi connectivity index (χ4v) is 3.84. The number of rotatable bonds is 3. The second-order valence-electron chi connectivity index (χ2n) is 2.95. The molecule has 0 aromatic heterocycles. The first-order valence-electron chi connectivity index (χ1n) is 3.58. The van der Waals surface area contributed by atoms with Crippen LogP contribution in [0, 0.1) is 0 Å². The van der Waals surface area contributed by atoms with Crippen molar-refractivity contribution >= 4 is 47.8 Å². The lowest BCUT2D eigenvalue weighted by molar-refractivity contribution is 0.692. The summed E-state index contributed by atoms with van der Waals surface area (Å²) in [6.45, 7) is 2.23. The van der Waals surface area contributed by atoms with Crippen LogP contribution in [0.3, 0.4) is 0 Å². The Labute approximate surface area is 87.5 Å². The summed E-state index contributed by atoms with van der Waals surface area (Å²) in [4.78, 5) is 0. The van der Waals surface area contributed by atoms with Crippen LogP contribution in [0.25, 0.3) is 0 Å². The Morgan fingerprint density at radius 3 is 2.10 bits per heavy atom. The van der Waals surface area contributed by atoms with Gasteiger partial charge in [-0.1, -0.05) is 67.6 Å². The van der Waals surface area contributed by atoms with E-state index >= 15 is 0 Å². The van der Waals surface area contributed by atoms with E-state index in [2.05, 4.69) is 54.7 Å². The van der Waals surface area contributed by atoms with Crippen molar-refractivity contribution in [3.05, 3.63) is 0 Å². The standard InChI is InChI=1S/C7H11Br3/c1-2-3-4-6(8)5-7(6,9)10/h2-5H2,1H3/t6-/m0/s1. The van der Waals surface area contributed by atoms with Gasteiger partial charge in [-0.2, -0.15) is 0 Å². The molecule has 0 heterocycles. The number of alkyl halides is 3. The van der Waals surface area contributed by atoms with Gasteiger partial charge in [0.15, 0.2) is 0 Å². The van der Waals surface area contributed by atoms with Crippen LogP contribution >= 0.6 is 47.8 Å². The van der Waals surface area contributed by atoms with Crippen LogP contribution in [0.15, 0.2) is 0 Å². The third-order valence-corrected chi connectivity index (χ3v) is 6.46. The molecule has 0 N–H and O–H groups in total. The summed E-state index contributed by atoms with van der Waals surface area (Å²) in [6, 6.07) is 0. The average molecular weight is 335 g/mol. The zero-order valence-electron chi connectivity index (χ0n) is 5.96. The van der Waals surface area contributed by atoms with Crippen molar-refractivity contribution in [1.29, 1.82) is 0 Å². The lowest BCUT2D eigenvalue weighted by Crippen LogP contribution is -2.05. The second-order valence-corrected chi connectivity index (χ2v) is 8.24. The molecule has 0 unspecified atom stereocenters. The topological polar surface area (TPSA) is 0 Å². The Morgan fingerprint density at radius 1 is 1.30 bits per heavy atom. The van der Waals surface area contributed by atoms with E-state index in [4.69, 9.17) is 0 Å². The summed E-state index contributed by atoms with van der Waals surface area (Å²) in [5, 5.41) is 0. The van der Waals surface area contributed by atoms with Crippen molar-refractivity contribution in [1.82, 2.24) is 0 Å². The van der Waals surface area contributed by atoms with Gasteiger partial charge >= 0.3 is 0 Å². The summed E-state index contributed by atoms with van der Waals surface area (Å²) in [5.74, 6) is 0. The SMILES string of the molecule is CCCC[C@]1(Br)CC1(Br)Br. The maximum Gasteiger partial charge on any atom is 0.0972 e. The van der Waals surface area contributed by atoms with Gasteiger partial charge in [0.2, 0.25) is 0 Å². The van der Waals surface area contributed by atoms with Gasteiger partial charge in [-0.15, -0.1) is 0 Å². The molecule has 0 aliphatic heterocycles. The highest BCUT2D eigenvalue weighted by molar-refractivity contribution is 9.26. The van der Waals surface area contributed by atoms with Crippen LogP contribution in [0.1, 0.15) is 32.6 Å². The van der Waals surface area contributed by atoms with Crippen LogP contribution in [0.2, 0.25) is 0 Å². The molecule has 1 atom stereocenters. The molecule has 60 valence electrons. The third kappa shape index (κ3) is 1.78. The Morgan fingerprint density at radius 2 is 1.80 bits per heavy atom. The number of halogens is 3. The molecule has 1 saturated carbocycles. The van der Waals surface area contributed by atoms with Crippen molar-refractivity contribution in [2.75, 3.05) is 0 Å². The monoisotopic (exact) mass is 332 g/mol. The van der Waals surface area contributed by atoms with Gasteiger partial charge in [0.25, 0.3) is 0 Å². The van der Waals surface area contributed by atoms with Crippen LogP contribution in [-0.4, -0.2) is 7.56 Å². The molecular weight excluding hydrogens is 324 g/mol. The Hall–Kier alpha value is 1.44. The first kappa shape index (κ1) is 9.53. The van der Waals surface area contributed by atoms with Crippen LogP contribution in [0.5, 0.6) is 0 Å². The van der Waals surface area contributed by atoms with E-state index in [0.717, 1.165) is 0 Å². The molecule has 0 bridgehead atoms. The largest absolute Gasteiger partial charge is 0.0972 e. The highest BCUT2D eigenvalue weighted by Gasteiger charge is 2.62. The summed E-state index contributed by atoms with van der Waals surface area (Å²) in [6.07, 6.45) is 5.05. The zero-order chi connectivity index (χ0) is 7.83. The molecule has 1 rings (SSSR count). The van der Waals surface area contributed by atoms with Crippen LogP contribution in [-0.2, 0) is 0 Å². The molecule has 0 aromatic rings. The van der Waals surface area contributed by atoms with Crippen molar-refractivity contribution < 1.29 is 0 Å². The van der Waals surface area contributed by atoms with Crippen molar-refractivity contribution in [2.45, 2.75) is 40.2 Å². The minimum Gasteiger partial charge on any atom is -0.0828 e. The van der Waals surface area contributed by atoms with Gasteiger partial charge in [-0.05, 0) is 12.8 Å². The minimum atomic E-state index is 0.197. The van der Waals surface area contributed by atoms with E-state index in [0.29, 0.717) is 4.32 Å². The second kappa shape index (κ2) is 3.06. The van der Waals surface area contributed by atoms with Crippen LogP contribution in [0.4, 0.5) is 0 Å². The predicted octanol–water partition coefficient (Wildman–Crippen LogP) is 4.20. The molecule has 0 saturated heterocycles. The molecule has 0 radical (unpaired) electrons. The van der Waals surface area contributed by atoms with Gasteiger partial charge in [-0.3, -0.25) is 0 Å². The fourth-order valence-electron chi connectivity index (χ4n) is 1.04. The maximum atomic E-state index is 3.72. The molecule has 0 spiro atoms. The van der Waals surface area contributed by atoms with Gasteiger partial charge in [0.05, 0.1) is 7.56 Å². The molecule has 1 aliphatic rings. The molecule has 0 aromatic carbocycles. The Kier molecular flexibility index (Phi) is 2.91. The summed E-state index contributed by atoms with van der Waals surface area (Å²) in [7, 11) is 0. The average Bonchev–Trinajstić information content (AvgIpc) is 2.29. The molecule has 3 heteroatoms. The van der Waals surface area contributed by atoms with E-state index in [-0.39, 0.29) is 3.23 Å². The quantitative estimate of drug-likeness (QED) is 0.679. The van der Waals surface area contributed by atoms with E-state index in [1.165, 1.54) is 25.7 Å². The predicted molar refractivity (Wildman–Crippen MR) is 56.4 cm³/mol. The normalized spacial score (nSPS) is 36.0. The first-order chi connectivity index (χ1) is 4.52. The van der Waals surface area contributed by atoms with Crippen molar-refractivity contribution in [3.8, 4) is 0 Å². The minimum absolute atomic E-state index is 0.197. The lowest BCUT2D eigenvalue weighted by atomic mass is 10.2. The Balaban J connectivity index is 2.30. The van der Waals surface area contributed by atoms with E-state index in [9.17, 15) is 0 Å². The number of hydrogen-bond donors (Lipinski definition) is 0. The molecule has 0 nitrogen and oxygen atoms in total. The Bertz CT molecular complexity index is 133. The summed E-state index contributed by atoms with van der Waals surface area (Å²) < 4.78 is 0.540. The van der Waals surface area contributed by atoms with Gasteiger partial charge in [0, 0.05) is 0 Å². The fraction of sp³-hybridized carbons (Fsp3) is 1.00.